The Balaban J connectivity index is 1.53. The van der Waals surface area contributed by atoms with Gasteiger partial charge in [-0.2, -0.15) is 25.9 Å². The third-order valence-corrected chi connectivity index (χ3v) is 16.6. The van der Waals surface area contributed by atoms with Gasteiger partial charge in [0, 0.05) is 50.8 Å². The minimum Gasteiger partial charge on any atom is -0.459 e. The molecular formula is C47H79F3N4O14S. The zero-order valence-electron chi connectivity index (χ0n) is 42.0. The smallest absolute Gasteiger partial charge is 0.416 e. The number of aliphatic hydroxyl groups is 5. The number of hydrogen-bond acceptors (Lipinski definition) is 16. The van der Waals surface area contributed by atoms with Crippen molar-refractivity contribution >= 4 is 21.9 Å². The molecular weight excluding hydrogens is 934 g/mol. The number of nitrogens with one attached hydrogen (secondary N) is 3. The van der Waals surface area contributed by atoms with Crippen LogP contribution in [0.15, 0.2) is 24.3 Å². The first-order chi connectivity index (χ1) is 31.8. The lowest BCUT2D eigenvalue weighted by molar-refractivity contribution is -0.336. The maximum atomic E-state index is 14.5. The minimum atomic E-state index is -4.64. The number of methoxy groups -OCH3 is 1. The molecule has 18 nitrogen and oxygen atoms in total. The standard InChI is InChI=1S/C47H79F3N4O14S/c1-13-35-45(10,59)39(56)29(6)51-23-25(2)21-43(8,58)40(68-42-37(55)34(20-26(3)64-42)54(11)69(61,62)53-33-16-14-31(15-17-33)47(48,49)50)27(4)38(28(5)41(57)66-35)67-36-22-44(9,63-12)46(60,30(7)65-36)24-52-32-18-19-32/h14-17,25-30,32,34-40,42,51-53,55-56,58-60H,13,18-24H2,1-12H3/t25-,26-,27+,28-,29-,30+,34+,35-,36+,37-,38+,39-,40-,42+,43-,44-,45-,46+/m1/s1. The average Bonchev–Trinajstić information content (AvgIpc) is 4.10. The van der Waals surface area contributed by atoms with Crippen LogP contribution in [0.2, 0.25) is 0 Å². The quantitative estimate of drug-likeness (QED) is 0.132. The first-order valence-corrected chi connectivity index (χ1v) is 25.6. The van der Waals surface area contributed by atoms with Crippen LogP contribution < -0.4 is 15.4 Å². The normalized spacial score (nSPS) is 42.6. The molecule has 0 unspecified atom stereocenters. The average molecular weight is 1010 g/mol. The van der Waals surface area contributed by atoms with E-state index in [9.17, 15) is 51.9 Å². The summed E-state index contributed by atoms with van der Waals surface area (Å²) in [5.41, 5.74) is -7.64. The summed E-state index contributed by atoms with van der Waals surface area (Å²) >= 11 is 0. The summed E-state index contributed by atoms with van der Waals surface area (Å²) in [6, 6.07) is 1.75. The second-order valence-electron chi connectivity index (χ2n) is 20.9. The summed E-state index contributed by atoms with van der Waals surface area (Å²) in [6.45, 7) is 16.8. The van der Waals surface area contributed by atoms with Gasteiger partial charge in [-0.1, -0.05) is 20.8 Å². The number of cyclic esters (lactones) is 1. The number of anilines is 1. The molecule has 3 saturated heterocycles. The summed E-state index contributed by atoms with van der Waals surface area (Å²) < 4.78 is 109. The maximum absolute atomic E-state index is 14.5. The van der Waals surface area contributed by atoms with Crippen molar-refractivity contribution in [2.24, 2.45) is 17.8 Å². The highest BCUT2D eigenvalue weighted by molar-refractivity contribution is 7.90. The van der Waals surface area contributed by atoms with E-state index in [0.717, 1.165) is 41.4 Å². The van der Waals surface area contributed by atoms with Gasteiger partial charge < -0.3 is 64.6 Å². The lowest BCUT2D eigenvalue weighted by Crippen LogP contribution is -2.70. The van der Waals surface area contributed by atoms with E-state index in [1.54, 1.807) is 48.5 Å². The van der Waals surface area contributed by atoms with Crippen molar-refractivity contribution in [3.8, 4) is 0 Å². The number of esters is 1. The molecule has 3 aliphatic heterocycles. The fraction of sp³-hybridized carbons (Fsp3) is 0.851. The predicted molar refractivity (Wildman–Crippen MR) is 248 cm³/mol. The van der Waals surface area contributed by atoms with Crippen LogP contribution in [0.3, 0.4) is 0 Å². The van der Waals surface area contributed by atoms with Gasteiger partial charge in [0.05, 0.1) is 47.5 Å². The number of likely N-dealkylation sites (N-methyl/N-ethyl adjacent to an activating group) is 1. The van der Waals surface area contributed by atoms with Gasteiger partial charge in [0.25, 0.3) is 0 Å². The molecule has 3 heterocycles. The molecule has 0 radical (unpaired) electrons. The second kappa shape index (κ2) is 22.0. The van der Waals surface area contributed by atoms with Crippen LogP contribution in [-0.2, 0) is 49.6 Å². The van der Waals surface area contributed by atoms with Gasteiger partial charge in [-0.05, 0) is 117 Å². The molecule has 398 valence electrons. The van der Waals surface area contributed by atoms with Crippen LogP contribution in [-0.4, -0.2) is 167 Å². The molecule has 0 amide bonds. The van der Waals surface area contributed by atoms with E-state index in [4.69, 9.17) is 28.4 Å². The van der Waals surface area contributed by atoms with Crippen LogP contribution in [0.1, 0.15) is 113 Å². The number of nitrogens with zero attached hydrogens (tertiary/aromatic N) is 1. The number of aliphatic hydroxyl groups excluding tert-OH is 2. The fourth-order valence-corrected chi connectivity index (χ4v) is 11.5. The van der Waals surface area contributed by atoms with Crippen LogP contribution in [0.5, 0.6) is 0 Å². The monoisotopic (exact) mass is 1010 g/mol. The summed E-state index contributed by atoms with van der Waals surface area (Å²) in [4.78, 5) is 14.5. The number of alkyl halides is 3. The van der Waals surface area contributed by atoms with Gasteiger partial charge in [-0.3, -0.25) is 9.52 Å². The molecule has 0 spiro atoms. The van der Waals surface area contributed by atoms with E-state index < -0.39 is 130 Å². The molecule has 5 rings (SSSR count). The van der Waals surface area contributed by atoms with E-state index in [1.807, 2.05) is 6.92 Å². The summed E-state index contributed by atoms with van der Waals surface area (Å²) in [5, 5.41) is 66.7. The third kappa shape index (κ3) is 13.1. The molecule has 4 aliphatic rings. The SMILES string of the molecule is CC[C@H]1OC(=O)[C@H](C)[C@@H](O[C@H]2C[C@@](C)(OC)[C@](O)(CNC3CC3)[C@H](C)O2)[C@H](C)[C@@H](O[C@@H]2O[C@H](C)C[C@H](N(C)S(=O)(=O)Nc3ccc(C(F)(F)F)cc3)[C@H]2O)[C@](C)(O)C[C@@H](C)CN[C@H](C)[C@@H](O)[C@]1(C)O. The van der Waals surface area contributed by atoms with Gasteiger partial charge >= 0.3 is 22.4 Å². The highest BCUT2D eigenvalue weighted by Gasteiger charge is 2.59. The summed E-state index contributed by atoms with van der Waals surface area (Å²) in [6.07, 6.45) is -13.9. The van der Waals surface area contributed by atoms with Gasteiger partial charge in [0.2, 0.25) is 0 Å². The van der Waals surface area contributed by atoms with Crippen LogP contribution in [0.4, 0.5) is 18.9 Å². The van der Waals surface area contributed by atoms with Crippen molar-refractivity contribution in [3.63, 3.8) is 0 Å². The Labute approximate surface area is 405 Å². The Bertz CT molecular complexity index is 1970. The largest absolute Gasteiger partial charge is 0.459 e. The Hall–Kier alpha value is -2.29. The van der Waals surface area contributed by atoms with E-state index in [1.165, 1.54) is 28.0 Å². The number of benzene rings is 1. The summed E-state index contributed by atoms with van der Waals surface area (Å²) in [5.74, 6) is -3.39. The molecule has 1 saturated carbocycles. The van der Waals surface area contributed by atoms with Gasteiger partial charge in [-0.25, -0.2) is 0 Å². The van der Waals surface area contributed by atoms with E-state index in [0.29, 0.717) is 0 Å². The van der Waals surface area contributed by atoms with Gasteiger partial charge in [0.15, 0.2) is 12.6 Å². The zero-order chi connectivity index (χ0) is 51.8. The molecule has 8 N–H and O–H groups in total. The zero-order valence-corrected chi connectivity index (χ0v) is 42.8. The van der Waals surface area contributed by atoms with Gasteiger partial charge in [-0.15, -0.1) is 0 Å². The van der Waals surface area contributed by atoms with Crippen molar-refractivity contribution in [3.05, 3.63) is 29.8 Å². The van der Waals surface area contributed by atoms with Crippen molar-refractivity contribution in [1.82, 2.24) is 14.9 Å². The topological polar surface area (TPSA) is 247 Å². The van der Waals surface area contributed by atoms with Crippen molar-refractivity contribution in [1.29, 1.82) is 0 Å². The van der Waals surface area contributed by atoms with E-state index in [-0.39, 0.29) is 56.4 Å². The maximum Gasteiger partial charge on any atom is 0.416 e. The number of halogens is 3. The van der Waals surface area contributed by atoms with Crippen molar-refractivity contribution in [2.45, 2.75) is 210 Å². The molecule has 4 fully saturated rings. The lowest BCUT2D eigenvalue weighted by atomic mass is 9.75. The molecule has 1 aliphatic carbocycles. The van der Waals surface area contributed by atoms with Crippen LogP contribution in [0, 0.1) is 17.8 Å². The van der Waals surface area contributed by atoms with Crippen molar-refractivity contribution in [2.75, 3.05) is 32.0 Å². The Morgan fingerprint density at radius 1 is 0.957 bits per heavy atom. The minimum absolute atomic E-state index is 0.0181. The Kier molecular flexibility index (Phi) is 18.4. The highest BCUT2D eigenvalue weighted by atomic mass is 32.2. The molecule has 69 heavy (non-hydrogen) atoms. The number of ether oxygens (including phenoxy) is 6. The Morgan fingerprint density at radius 3 is 2.14 bits per heavy atom. The van der Waals surface area contributed by atoms with Crippen LogP contribution >= 0.6 is 0 Å². The lowest BCUT2D eigenvalue weighted by Gasteiger charge is -2.53. The highest BCUT2D eigenvalue weighted by Crippen LogP contribution is 2.44. The number of carbonyl (C=O) groups excluding carboxylic acids is 1. The predicted octanol–water partition coefficient (Wildman–Crippen LogP) is 3.43. The van der Waals surface area contributed by atoms with E-state index in [2.05, 4.69) is 15.4 Å². The number of rotatable bonds is 13. The van der Waals surface area contributed by atoms with Gasteiger partial charge in [0.1, 0.15) is 35.1 Å². The van der Waals surface area contributed by atoms with E-state index >= 15 is 0 Å². The Morgan fingerprint density at radius 2 is 1.58 bits per heavy atom. The van der Waals surface area contributed by atoms with Crippen molar-refractivity contribution < 1.29 is 80.3 Å². The molecule has 0 aromatic heterocycles. The second-order valence-corrected chi connectivity index (χ2v) is 22.6. The summed E-state index contributed by atoms with van der Waals surface area (Å²) in [7, 11) is -1.85. The molecule has 1 aromatic carbocycles. The molecule has 18 atom stereocenters. The van der Waals surface area contributed by atoms with Crippen LogP contribution in [0.25, 0.3) is 0 Å². The third-order valence-electron chi connectivity index (χ3n) is 15.1. The number of carbonyl (C=O) groups is 1. The first-order valence-electron chi connectivity index (χ1n) is 24.1. The fourth-order valence-electron chi connectivity index (χ4n) is 10.3. The molecule has 1 aromatic rings. The molecule has 0 bridgehead atoms. The molecule has 22 heteroatoms. The first kappa shape index (κ1) is 57.6. The number of hydrogen-bond donors (Lipinski definition) is 8.